The molecule has 0 aromatic heterocycles. The van der Waals surface area contributed by atoms with Crippen molar-refractivity contribution in [3.63, 3.8) is 0 Å². The quantitative estimate of drug-likeness (QED) is 0.736. The average molecular weight is 212 g/mol. The van der Waals surface area contributed by atoms with Crippen LogP contribution in [0, 0.1) is 23.7 Å². The van der Waals surface area contributed by atoms with E-state index >= 15 is 0 Å². The van der Waals surface area contributed by atoms with Crippen LogP contribution in [0.2, 0.25) is 0 Å². The molecule has 88 valence electrons. The summed E-state index contributed by atoms with van der Waals surface area (Å²) in [7, 11) is 0. The molecule has 4 unspecified atom stereocenters. The molecule has 2 rings (SSSR count). The summed E-state index contributed by atoms with van der Waals surface area (Å²) in [4.78, 5) is 0. The van der Waals surface area contributed by atoms with Gasteiger partial charge >= 0.3 is 0 Å². The molecule has 2 N–H and O–H groups in total. The summed E-state index contributed by atoms with van der Waals surface area (Å²) < 4.78 is 0. The maximum atomic E-state index is 10.3. The van der Waals surface area contributed by atoms with E-state index in [1.165, 1.54) is 6.42 Å². The summed E-state index contributed by atoms with van der Waals surface area (Å²) in [5.41, 5.74) is 0. The van der Waals surface area contributed by atoms with Crippen LogP contribution in [0.3, 0.4) is 0 Å². The maximum Gasteiger partial charge on any atom is 0.0623 e. The lowest BCUT2D eigenvalue weighted by molar-refractivity contribution is -0.0544. The molecule has 2 aliphatic rings. The van der Waals surface area contributed by atoms with Gasteiger partial charge in [-0.15, -0.1) is 0 Å². The Morgan fingerprint density at radius 1 is 0.933 bits per heavy atom. The third-order valence-electron chi connectivity index (χ3n) is 4.86. The van der Waals surface area contributed by atoms with Gasteiger partial charge in [0.05, 0.1) is 12.2 Å². The fraction of sp³-hybridized carbons (Fsp3) is 1.00. The molecule has 2 saturated carbocycles. The standard InChI is InChI=1S/C13H24O2/c1-3-8-5-6-10-7-9(4-2)13(15)11(10)12(8)14/h8-15H,3-7H2,1-2H3/t8-,9-,10?,11?,12?,13?/m0/s1. The zero-order chi connectivity index (χ0) is 11.0. The van der Waals surface area contributed by atoms with Crippen molar-refractivity contribution in [1.29, 1.82) is 0 Å². The Bertz CT molecular complexity index is 213. The Morgan fingerprint density at radius 3 is 2.13 bits per heavy atom. The van der Waals surface area contributed by atoms with Crippen molar-refractivity contribution in [2.75, 3.05) is 0 Å². The van der Waals surface area contributed by atoms with Gasteiger partial charge in [-0.2, -0.15) is 0 Å². The molecule has 0 spiro atoms. The van der Waals surface area contributed by atoms with Crippen molar-refractivity contribution in [2.24, 2.45) is 23.7 Å². The number of aliphatic hydroxyl groups excluding tert-OH is 2. The predicted molar refractivity (Wildman–Crippen MR) is 60.4 cm³/mol. The number of hydrogen-bond donors (Lipinski definition) is 2. The van der Waals surface area contributed by atoms with Crippen LogP contribution < -0.4 is 0 Å². The van der Waals surface area contributed by atoms with E-state index in [-0.39, 0.29) is 18.1 Å². The van der Waals surface area contributed by atoms with Gasteiger partial charge in [-0.3, -0.25) is 0 Å². The Kier molecular flexibility index (Phi) is 3.36. The highest BCUT2D eigenvalue weighted by atomic mass is 16.3. The lowest BCUT2D eigenvalue weighted by Gasteiger charge is -2.38. The highest BCUT2D eigenvalue weighted by molar-refractivity contribution is 4.98. The summed E-state index contributed by atoms with van der Waals surface area (Å²) in [6.45, 7) is 4.29. The van der Waals surface area contributed by atoms with Gasteiger partial charge in [0.1, 0.15) is 0 Å². The van der Waals surface area contributed by atoms with E-state index in [0.717, 1.165) is 25.7 Å². The molecular formula is C13H24O2. The molecule has 2 aliphatic carbocycles. The largest absolute Gasteiger partial charge is 0.392 e. The van der Waals surface area contributed by atoms with Crippen LogP contribution in [0.5, 0.6) is 0 Å². The average Bonchev–Trinajstić information content (AvgIpc) is 2.57. The molecule has 0 aromatic carbocycles. The first-order valence-corrected chi connectivity index (χ1v) is 6.55. The van der Waals surface area contributed by atoms with Crippen molar-refractivity contribution in [3.8, 4) is 0 Å². The summed E-state index contributed by atoms with van der Waals surface area (Å²) in [6, 6.07) is 0. The second-order valence-corrected chi connectivity index (χ2v) is 5.47. The van der Waals surface area contributed by atoms with Gasteiger partial charge in [-0.1, -0.05) is 26.7 Å². The number of aliphatic hydroxyl groups is 2. The van der Waals surface area contributed by atoms with Crippen LogP contribution in [0.15, 0.2) is 0 Å². The van der Waals surface area contributed by atoms with Gasteiger partial charge in [-0.25, -0.2) is 0 Å². The monoisotopic (exact) mass is 212 g/mol. The molecule has 2 heteroatoms. The van der Waals surface area contributed by atoms with E-state index in [0.29, 0.717) is 17.8 Å². The summed E-state index contributed by atoms with van der Waals surface area (Å²) in [6.07, 6.45) is 5.11. The Labute approximate surface area is 92.7 Å². The lowest BCUT2D eigenvalue weighted by Crippen LogP contribution is -2.41. The molecule has 0 bridgehead atoms. The minimum Gasteiger partial charge on any atom is -0.392 e. The fourth-order valence-corrected chi connectivity index (χ4v) is 3.84. The number of hydrogen-bond acceptors (Lipinski definition) is 2. The van der Waals surface area contributed by atoms with Crippen LogP contribution in [0.25, 0.3) is 0 Å². The molecule has 2 fully saturated rings. The van der Waals surface area contributed by atoms with Gasteiger partial charge < -0.3 is 10.2 Å². The Balaban J connectivity index is 2.10. The van der Waals surface area contributed by atoms with Gasteiger partial charge in [0.15, 0.2) is 0 Å². The lowest BCUT2D eigenvalue weighted by atomic mass is 9.72. The van der Waals surface area contributed by atoms with E-state index < -0.39 is 0 Å². The highest BCUT2D eigenvalue weighted by Crippen LogP contribution is 2.48. The van der Waals surface area contributed by atoms with Gasteiger partial charge in [-0.05, 0) is 37.0 Å². The molecule has 0 radical (unpaired) electrons. The first-order valence-electron chi connectivity index (χ1n) is 6.55. The zero-order valence-corrected chi connectivity index (χ0v) is 9.89. The molecule has 0 aromatic rings. The minimum atomic E-state index is -0.250. The molecule has 0 aliphatic heterocycles. The van der Waals surface area contributed by atoms with E-state index in [9.17, 15) is 10.2 Å². The van der Waals surface area contributed by atoms with E-state index in [1.807, 2.05) is 0 Å². The van der Waals surface area contributed by atoms with Crippen molar-refractivity contribution in [1.82, 2.24) is 0 Å². The number of fused-ring (bicyclic) bond motifs is 1. The summed E-state index contributed by atoms with van der Waals surface area (Å²) in [5, 5.41) is 20.5. The zero-order valence-electron chi connectivity index (χ0n) is 9.89. The van der Waals surface area contributed by atoms with Gasteiger partial charge in [0, 0.05) is 5.92 Å². The third-order valence-corrected chi connectivity index (χ3v) is 4.86. The van der Waals surface area contributed by atoms with Crippen LogP contribution in [0.4, 0.5) is 0 Å². The first kappa shape index (κ1) is 11.4. The van der Waals surface area contributed by atoms with E-state index in [4.69, 9.17) is 0 Å². The number of rotatable bonds is 2. The molecule has 0 heterocycles. The minimum absolute atomic E-state index is 0.175. The van der Waals surface area contributed by atoms with E-state index in [2.05, 4.69) is 13.8 Å². The van der Waals surface area contributed by atoms with Gasteiger partial charge in [0.25, 0.3) is 0 Å². The molecule has 6 atom stereocenters. The van der Waals surface area contributed by atoms with Crippen molar-refractivity contribution < 1.29 is 10.2 Å². The summed E-state index contributed by atoms with van der Waals surface area (Å²) >= 11 is 0. The topological polar surface area (TPSA) is 40.5 Å². The van der Waals surface area contributed by atoms with Crippen LogP contribution in [0.1, 0.15) is 46.0 Å². The van der Waals surface area contributed by atoms with Crippen molar-refractivity contribution in [3.05, 3.63) is 0 Å². The molecule has 0 amide bonds. The smallest absolute Gasteiger partial charge is 0.0623 e. The van der Waals surface area contributed by atoms with Crippen molar-refractivity contribution in [2.45, 2.75) is 58.2 Å². The van der Waals surface area contributed by atoms with Crippen LogP contribution in [-0.2, 0) is 0 Å². The molecular weight excluding hydrogens is 188 g/mol. The van der Waals surface area contributed by atoms with Gasteiger partial charge in [0.2, 0.25) is 0 Å². The molecule has 0 saturated heterocycles. The maximum absolute atomic E-state index is 10.3. The fourth-order valence-electron chi connectivity index (χ4n) is 3.84. The van der Waals surface area contributed by atoms with Crippen LogP contribution in [-0.4, -0.2) is 22.4 Å². The second kappa shape index (κ2) is 4.42. The van der Waals surface area contributed by atoms with Crippen molar-refractivity contribution >= 4 is 0 Å². The highest BCUT2D eigenvalue weighted by Gasteiger charge is 2.48. The van der Waals surface area contributed by atoms with Crippen LogP contribution >= 0.6 is 0 Å². The second-order valence-electron chi connectivity index (χ2n) is 5.47. The SMILES string of the molecule is CC[C@H]1CCC2C[C@H](CC)C(O)C2C1O. The predicted octanol–water partition coefficient (Wildman–Crippen LogP) is 2.19. The van der Waals surface area contributed by atoms with E-state index in [1.54, 1.807) is 0 Å². The Morgan fingerprint density at radius 2 is 1.53 bits per heavy atom. The first-order chi connectivity index (χ1) is 7.19. The molecule has 2 nitrogen and oxygen atoms in total. The third kappa shape index (κ3) is 1.83. The summed E-state index contributed by atoms with van der Waals surface area (Å²) in [5.74, 6) is 1.62. The molecule has 15 heavy (non-hydrogen) atoms. The normalized spacial score (nSPS) is 50.4. The Hall–Kier alpha value is -0.0800.